The lowest BCUT2D eigenvalue weighted by atomic mass is 10.2. The molecule has 5 heteroatoms. The van der Waals surface area contributed by atoms with Crippen molar-refractivity contribution in [1.82, 2.24) is 0 Å². The molecule has 0 unspecified atom stereocenters. The number of rotatable bonds is 3. The Hall–Kier alpha value is -1.17. The van der Waals surface area contributed by atoms with Gasteiger partial charge in [-0.05, 0) is 35.6 Å². The number of thioether (sulfide) groups is 2. The summed E-state index contributed by atoms with van der Waals surface area (Å²) in [5.41, 5.74) is 0.767. The third-order valence-corrected chi connectivity index (χ3v) is 8.05. The van der Waals surface area contributed by atoms with E-state index >= 15 is 0 Å². The van der Waals surface area contributed by atoms with Crippen LogP contribution in [0.5, 0.6) is 0 Å². The molecule has 22 heavy (non-hydrogen) atoms. The Bertz CT molecular complexity index is 758. The van der Waals surface area contributed by atoms with E-state index in [1.54, 1.807) is 47.8 Å². The van der Waals surface area contributed by atoms with Gasteiger partial charge in [0.05, 0.1) is 14.0 Å². The van der Waals surface area contributed by atoms with Crippen molar-refractivity contribution in [2.45, 2.75) is 11.3 Å². The third-order valence-electron chi connectivity index (χ3n) is 3.30. The lowest BCUT2D eigenvalue weighted by molar-refractivity contribution is 0.606. The SMILES string of the molecule is O=S(=O)(C(=C1SCCCS1)c1ccccc1)c1ccccc1. The van der Waals surface area contributed by atoms with Crippen LogP contribution >= 0.6 is 23.5 Å². The maximum Gasteiger partial charge on any atom is 0.208 e. The van der Waals surface area contributed by atoms with Crippen LogP contribution in [0.25, 0.3) is 4.91 Å². The van der Waals surface area contributed by atoms with E-state index in [1.165, 1.54) is 0 Å². The Kier molecular flexibility index (Phi) is 4.96. The average molecular weight is 349 g/mol. The van der Waals surface area contributed by atoms with Gasteiger partial charge in [0.25, 0.3) is 0 Å². The first-order valence-corrected chi connectivity index (χ1v) is 10.5. The van der Waals surface area contributed by atoms with Gasteiger partial charge in [-0.2, -0.15) is 0 Å². The average Bonchev–Trinajstić information content (AvgIpc) is 2.58. The van der Waals surface area contributed by atoms with Crippen LogP contribution in [0.3, 0.4) is 0 Å². The van der Waals surface area contributed by atoms with Crippen LogP contribution in [0, 0.1) is 0 Å². The molecule has 0 atom stereocenters. The molecule has 0 amide bonds. The number of benzene rings is 2. The summed E-state index contributed by atoms with van der Waals surface area (Å²) in [5, 5.41) is 0. The van der Waals surface area contributed by atoms with E-state index in [9.17, 15) is 8.42 Å². The van der Waals surface area contributed by atoms with Gasteiger partial charge in [0, 0.05) is 0 Å². The van der Waals surface area contributed by atoms with Crippen molar-refractivity contribution < 1.29 is 8.42 Å². The summed E-state index contributed by atoms with van der Waals surface area (Å²) in [5.74, 6) is 1.95. The van der Waals surface area contributed by atoms with Crippen LogP contribution < -0.4 is 0 Å². The molecule has 2 nitrogen and oxygen atoms in total. The highest BCUT2D eigenvalue weighted by Crippen LogP contribution is 2.44. The van der Waals surface area contributed by atoms with Gasteiger partial charge in [-0.15, -0.1) is 23.5 Å². The van der Waals surface area contributed by atoms with Crippen LogP contribution in [0.4, 0.5) is 0 Å². The summed E-state index contributed by atoms with van der Waals surface area (Å²) in [7, 11) is -3.52. The standard InChI is InChI=1S/C17H16O2S3/c18-22(19,15-10-5-2-6-11-15)16(14-8-3-1-4-9-14)17-20-12-7-13-21-17/h1-6,8-11H,7,12-13H2. The molecule has 0 bridgehead atoms. The Labute approximate surface area is 139 Å². The summed E-state index contributed by atoms with van der Waals surface area (Å²) in [6.07, 6.45) is 1.12. The van der Waals surface area contributed by atoms with E-state index in [0.29, 0.717) is 9.80 Å². The summed E-state index contributed by atoms with van der Waals surface area (Å²) in [6.45, 7) is 0. The largest absolute Gasteiger partial charge is 0.218 e. The molecule has 0 saturated carbocycles. The summed E-state index contributed by atoms with van der Waals surface area (Å²) >= 11 is 3.30. The Morgan fingerprint density at radius 1 is 0.818 bits per heavy atom. The Balaban J connectivity index is 2.18. The van der Waals surface area contributed by atoms with Gasteiger partial charge in [0.2, 0.25) is 9.84 Å². The predicted octanol–water partition coefficient (Wildman–Crippen LogP) is 4.66. The van der Waals surface area contributed by atoms with E-state index in [2.05, 4.69) is 0 Å². The molecule has 114 valence electrons. The minimum absolute atomic E-state index is 0.355. The monoisotopic (exact) mass is 348 g/mol. The second-order valence-electron chi connectivity index (χ2n) is 4.85. The normalized spacial score (nSPS) is 15.5. The van der Waals surface area contributed by atoms with Gasteiger partial charge in [0.15, 0.2) is 0 Å². The summed E-state index contributed by atoms with van der Waals surface area (Å²) in [4.78, 5) is 0.808. The molecule has 0 N–H and O–H groups in total. The number of hydrogen-bond donors (Lipinski definition) is 0. The van der Waals surface area contributed by atoms with Crippen LogP contribution in [0.2, 0.25) is 0 Å². The van der Waals surface area contributed by atoms with Gasteiger partial charge in [0.1, 0.15) is 0 Å². The lowest BCUT2D eigenvalue weighted by Crippen LogP contribution is -2.07. The molecular weight excluding hydrogens is 332 g/mol. The summed E-state index contributed by atoms with van der Waals surface area (Å²) < 4.78 is 27.2. The van der Waals surface area contributed by atoms with E-state index in [1.807, 2.05) is 36.4 Å². The van der Waals surface area contributed by atoms with E-state index in [4.69, 9.17) is 0 Å². The van der Waals surface area contributed by atoms with Gasteiger partial charge in [-0.3, -0.25) is 0 Å². The minimum Gasteiger partial charge on any atom is -0.218 e. The zero-order valence-corrected chi connectivity index (χ0v) is 14.4. The van der Waals surface area contributed by atoms with Gasteiger partial charge in [-0.25, -0.2) is 8.42 Å². The third kappa shape index (κ3) is 3.26. The molecule has 1 aliphatic rings. The first kappa shape index (κ1) is 15.7. The molecule has 0 spiro atoms. The van der Waals surface area contributed by atoms with Crippen LogP contribution in [-0.4, -0.2) is 19.9 Å². The number of sulfone groups is 1. The highest BCUT2D eigenvalue weighted by Gasteiger charge is 2.27. The molecule has 0 aromatic heterocycles. The van der Waals surface area contributed by atoms with Crippen molar-refractivity contribution in [3.63, 3.8) is 0 Å². The fourth-order valence-electron chi connectivity index (χ4n) is 2.25. The smallest absolute Gasteiger partial charge is 0.208 e. The molecule has 2 aromatic rings. The van der Waals surface area contributed by atoms with Crippen LogP contribution in [0.15, 0.2) is 69.8 Å². The fraction of sp³-hybridized carbons (Fsp3) is 0.176. The van der Waals surface area contributed by atoms with E-state index < -0.39 is 9.84 Å². The highest BCUT2D eigenvalue weighted by atomic mass is 32.2. The first-order chi connectivity index (χ1) is 10.7. The molecular formula is C17H16O2S3. The van der Waals surface area contributed by atoms with Crippen molar-refractivity contribution in [2.24, 2.45) is 0 Å². The second-order valence-corrected chi connectivity index (χ2v) is 9.20. The molecule has 1 fully saturated rings. The highest BCUT2D eigenvalue weighted by molar-refractivity contribution is 8.24. The quantitative estimate of drug-likeness (QED) is 0.808. The fourth-order valence-corrected chi connectivity index (χ4v) is 7.14. The summed E-state index contributed by atoms with van der Waals surface area (Å²) in [6, 6.07) is 18.1. The molecule has 1 aliphatic heterocycles. The first-order valence-electron chi connectivity index (χ1n) is 7.05. The Morgan fingerprint density at radius 3 is 1.95 bits per heavy atom. The topological polar surface area (TPSA) is 34.1 Å². The molecule has 0 radical (unpaired) electrons. The van der Waals surface area contributed by atoms with Crippen molar-refractivity contribution in [1.29, 1.82) is 0 Å². The predicted molar refractivity (Wildman–Crippen MR) is 96.5 cm³/mol. The molecule has 1 saturated heterocycles. The van der Waals surface area contributed by atoms with Gasteiger partial charge in [-0.1, -0.05) is 48.5 Å². The molecule has 3 rings (SSSR count). The molecule has 2 aromatic carbocycles. The maximum atomic E-state index is 13.1. The van der Waals surface area contributed by atoms with Crippen molar-refractivity contribution in [3.8, 4) is 0 Å². The van der Waals surface area contributed by atoms with Crippen LogP contribution in [-0.2, 0) is 9.84 Å². The second kappa shape index (κ2) is 6.94. The lowest BCUT2D eigenvalue weighted by Gasteiger charge is -2.19. The van der Waals surface area contributed by atoms with E-state index in [0.717, 1.165) is 27.7 Å². The van der Waals surface area contributed by atoms with Gasteiger partial charge < -0.3 is 0 Å². The zero-order valence-electron chi connectivity index (χ0n) is 11.9. The van der Waals surface area contributed by atoms with Crippen molar-refractivity contribution in [2.75, 3.05) is 11.5 Å². The minimum atomic E-state index is -3.52. The van der Waals surface area contributed by atoms with Crippen molar-refractivity contribution in [3.05, 3.63) is 70.5 Å². The maximum absolute atomic E-state index is 13.1. The molecule has 1 heterocycles. The van der Waals surface area contributed by atoms with Gasteiger partial charge >= 0.3 is 0 Å². The Morgan fingerprint density at radius 2 is 1.36 bits per heavy atom. The molecule has 0 aliphatic carbocycles. The van der Waals surface area contributed by atoms with E-state index in [-0.39, 0.29) is 0 Å². The van der Waals surface area contributed by atoms with Crippen molar-refractivity contribution >= 4 is 38.3 Å². The zero-order chi connectivity index (χ0) is 15.4. The number of hydrogen-bond acceptors (Lipinski definition) is 4. The van der Waals surface area contributed by atoms with Crippen LogP contribution in [0.1, 0.15) is 12.0 Å².